The first kappa shape index (κ1) is 12.1. The smallest absolute Gasteiger partial charge is 0.245 e. The predicted octanol–water partition coefficient (Wildman–Crippen LogP) is 1.22. The number of rotatable bonds is 4. The Hall–Kier alpha value is -1.93. The lowest BCUT2D eigenvalue weighted by atomic mass is 10.0. The highest BCUT2D eigenvalue weighted by molar-refractivity contribution is 7.08. The minimum atomic E-state index is -1.26. The number of ketones is 1. The van der Waals surface area contributed by atoms with E-state index in [9.17, 15) is 9.59 Å². The summed E-state index contributed by atoms with van der Waals surface area (Å²) in [5.74, 6) is -2.35. The van der Waals surface area contributed by atoms with Gasteiger partial charge in [0.05, 0.1) is 6.07 Å². The van der Waals surface area contributed by atoms with E-state index in [0.29, 0.717) is 0 Å². The molecule has 0 spiro atoms. The molecule has 0 bridgehead atoms. The second-order valence-electron chi connectivity index (χ2n) is 2.97. The Morgan fingerprint density at radius 1 is 1.62 bits per heavy atom. The van der Waals surface area contributed by atoms with Crippen molar-refractivity contribution in [3.05, 3.63) is 28.5 Å². The van der Waals surface area contributed by atoms with E-state index in [1.165, 1.54) is 24.5 Å². The molecule has 0 aromatic carbocycles. The van der Waals surface area contributed by atoms with E-state index in [2.05, 4.69) is 5.32 Å². The van der Waals surface area contributed by atoms with Crippen LogP contribution < -0.4 is 5.32 Å². The van der Waals surface area contributed by atoms with Crippen LogP contribution in [0.5, 0.6) is 0 Å². The van der Waals surface area contributed by atoms with Crippen molar-refractivity contribution in [3.63, 3.8) is 0 Å². The minimum absolute atomic E-state index is 0.506. The van der Waals surface area contributed by atoms with Crippen molar-refractivity contribution < 1.29 is 9.59 Å². The van der Waals surface area contributed by atoms with E-state index in [-0.39, 0.29) is 0 Å². The van der Waals surface area contributed by atoms with Crippen LogP contribution in [0, 0.1) is 17.2 Å². The second-order valence-corrected chi connectivity index (χ2v) is 3.75. The average Bonchev–Trinajstić information content (AvgIpc) is 2.79. The fourth-order valence-corrected chi connectivity index (χ4v) is 1.67. The molecule has 82 valence electrons. The Bertz CT molecular complexity index is 443. The van der Waals surface area contributed by atoms with Crippen LogP contribution in [0.4, 0.5) is 0 Å². The molecule has 5 heteroatoms. The predicted molar refractivity (Wildman–Crippen MR) is 61.5 cm³/mol. The van der Waals surface area contributed by atoms with Crippen LogP contribution in [0.15, 0.2) is 22.9 Å². The number of amides is 1. The van der Waals surface area contributed by atoms with Crippen molar-refractivity contribution in [2.75, 3.05) is 7.05 Å². The third-order valence-corrected chi connectivity index (χ3v) is 2.61. The minimum Gasteiger partial charge on any atom is -0.358 e. The van der Waals surface area contributed by atoms with Gasteiger partial charge in [-0.1, -0.05) is 6.08 Å². The molecule has 0 fully saturated rings. The molecule has 0 aliphatic heterocycles. The lowest BCUT2D eigenvalue weighted by Gasteiger charge is -2.02. The van der Waals surface area contributed by atoms with E-state index >= 15 is 0 Å². The van der Waals surface area contributed by atoms with E-state index in [1.807, 2.05) is 16.8 Å². The van der Waals surface area contributed by atoms with E-state index in [0.717, 1.165) is 5.56 Å². The van der Waals surface area contributed by atoms with Crippen molar-refractivity contribution in [3.8, 4) is 6.07 Å². The van der Waals surface area contributed by atoms with Crippen LogP contribution in [0.2, 0.25) is 0 Å². The van der Waals surface area contributed by atoms with Crippen molar-refractivity contribution in [1.82, 2.24) is 5.32 Å². The summed E-state index contributed by atoms with van der Waals surface area (Å²) in [7, 11) is 1.39. The zero-order valence-corrected chi connectivity index (χ0v) is 9.45. The highest BCUT2D eigenvalue weighted by Crippen LogP contribution is 2.08. The molecule has 4 nitrogen and oxygen atoms in total. The maximum atomic E-state index is 11.5. The molecule has 0 aliphatic rings. The number of allylic oxidation sites excluding steroid dienone is 1. The van der Waals surface area contributed by atoms with Crippen LogP contribution in [-0.4, -0.2) is 18.7 Å². The number of nitrogens with one attached hydrogen (secondary N) is 1. The van der Waals surface area contributed by atoms with Gasteiger partial charge in [0.2, 0.25) is 5.91 Å². The van der Waals surface area contributed by atoms with Gasteiger partial charge in [-0.2, -0.15) is 16.6 Å². The van der Waals surface area contributed by atoms with Crippen molar-refractivity contribution in [2.24, 2.45) is 5.92 Å². The van der Waals surface area contributed by atoms with Gasteiger partial charge in [0.15, 0.2) is 11.7 Å². The SMILES string of the molecule is CNC(=O)C(C#N)C(=O)C=Cc1ccsc1. The largest absolute Gasteiger partial charge is 0.358 e. The van der Waals surface area contributed by atoms with Gasteiger partial charge in [0.25, 0.3) is 0 Å². The van der Waals surface area contributed by atoms with E-state index in [4.69, 9.17) is 5.26 Å². The standard InChI is InChI=1S/C11H10N2O2S/c1-13-11(15)9(6-12)10(14)3-2-8-4-5-16-7-8/h2-5,7,9H,1H3,(H,13,15). The highest BCUT2D eigenvalue weighted by atomic mass is 32.1. The molecule has 0 saturated heterocycles. The van der Waals surface area contributed by atoms with E-state index in [1.54, 1.807) is 12.1 Å². The topological polar surface area (TPSA) is 70.0 Å². The summed E-state index contributed by atoms with van der Waals surface area (Å²) in [4.78, 5) is 22.7. The monoisotopic (exact) mass is 234 g/mol. The summed E-state index contributed by atoms with van der Waals surface area (Å²) < 4.78 is 0. The Kier molecular flexibility index (Phi) is 4.42. The molecule has 0 radical (unpaired) electrons. The molecule has 1 N–H and O–H groups in total. The highest BCUT2D eigenvalue weighted by Gasteiger charge is 2.22. The molecular weight excluding hydrogens is 224 g/mol. The Labute approximate surface area is 97.2 Å². The summed E-state index contributed by atoms with van der Waals surface area (Å²) in [5.41, 5.74) is 0.881. The molecule has 1 aromatic heterocycles. The van der Waals surface area contributed by atoms with Gasteiger partial charge in [0, 0.05) is 7.05 Å². The zero-order valence-electron chi connectivity index (χ0n) is 8.64. The molecule has 0 saturated carbocycles. The van der Waals surface area contributed by atoms with Gasteiger partial charge in [-0.05, 0) is 28.5 Å². The number of carbonyl (C=O) groups excluding carboxylic acids is 2. The van der Waals surface area contributed by atoms with Crippen molar-refractivity contribution in [1.29, 1.82) is 5.26 Å². The van der Waals surface area contributed by atoms with Crippen LogP contribution in [-0.2, 0) is 9.59 Å². The molecule has 1 aromatic rings. The van der Waals surface area contributed by atoms with Gasteiger partial charge in [-0.3, -0.25) is 9.59 Å². The number of nitrogens with zero attached hydrogens (tertiary/aromatic N) is 1. The van der Waals surface area contributed by atoms with Crippen LogP contribution in [0.1, 0.15) is 5.56 Å². The van der Waals surface area contributed by atoms with Gasteiger partial charge in [-0.25, -0.2) is 0 Å². The molecular formula is C11H10N2O2S. The van der Waals surface area contributed by atoms with Crippen molar-refractivity contribution in [2.45, 2.75) is 0 Å². The van der Waals surface area contributed by atoms with Crippen LogP contribution in [0.3, 0.4) is 0 Å². The lowest BCUT2D eigenvalue weighted by molar-refractivity contribution is -0.129. The molecule has 1 rings (SSSR count). The van der Waals surface area contributed by atoms with Crippen LogP contribution >= 0.6 is 11.3 Å². The zero-order chi connectivity index (χ0) is 12.0. The van der Waals surface area contributed by atoms with Gasteiger partial charge >= 0.3 is 0 Å². The summed E-state index contributed by atoms with van der Waals surface area (Å²) in [5, 5.41) is 14.7. The van der Waals surface area contributed by atoms with E-state index < -0.39 is 17.6 Å². The average molecular weight is 234 g/mol. The summed E-state index contributed by atoms with van der Waals surface area (Å²) in [6.45, 7) is 0. The lowest BCUT2D eigenvalue weighted by Crippen LogP contribution is -2.31. The summed E-state index contributed by atoms with van der Waals surface area (Å²) >= 11 is 1.51. The number of hydrogen-bond donors (Lipinski definition) is 1. The quantitative estimate of drug-likeness (QED) is 0.629. The Balaban J connectivity index is 2.71. The second kappa shape index (κ2) is 5.83. The number of hydrogen-bond acceptors (Lipinski definition) is 4. The molecule has 1 amide bonds. The van der Waals surface area contributed by atoms with Gasteiger partial charge in [-0.15, -0.1) is 0 Å². The molecule has 1 unspecified atom stereocenters. The third-order valence-electron chi connectivity index (χ3n) is 1.91. The normalized spacial score (nSPS) is 12.0. The summed E-state index contributed by atoms with van der Waals surface area (Å²) in [6.07, 6.45) is 2.84. The molecule has 0 aliphatic carbocycles. The first-order valence-corrected chi connectivity index (χ1v) is 5.48. The molecule has 16 heavy (non-hydrogen) atoms. The maximum absolute atomic E-state index is 11.5. The number of thiophene rings is 1. The van der Waals surface area contributed by atoms with Crippen molar-refractivity contribution >= 4 is 29.1 Å². The third kappa shape index (κ3) is 3.04. The molecule has 1 heterocycles. The summed E-state index contributed by atoms with van der Waals surface area (Å²) in [6, 6.07) is 3.52. The Morgan fingerprint density at radius 2 is 2.38 bits per heavy atom. The number of carbonyl (C=O) groups is 2. The van der Waals surface area contributed by atoms with Gasteiger partial charge in [0.1, 0.15) is 0 Å². The van der Waals surface area contributed by atoms with Crippen LogP contribution in [0.25, 0.3) is 6.08 Å². The fraction of sp³-hybridized carbons (Fsp3) is 0.182. The van der Waals surface area contributed by atoms with Gasteiger partial charge < -0.3 is 5.32 Å². The maximum Gasteiger partial charge on any atom is 0.245 e. The Morgan fingerprint density at radius 3 is 2.88 bits per heavy atom. The number of nitriles is 1. The molecule has 1 atom stereocenters. The first-order chi connectivity index (χ1) is 7.69. The fourth-order valence-electron chi connectivity index (χ4n) is 1.04. The first-order valence-electron chi connectivity index (χ1n) is 4.54.